The molecule has 0 bridgehead atoms. The van der Waals surface area contributed by atoms with Gasteiger partial charge < -0.3 is 4.74 Å². The molecule has 0 N–H and O–H groups in total. The van der Waals surface area contributed by atoms with Gasteiger partial charge in [0.15, 0.2) is 5.75 Å². The summed E-state index contributed by atoms with van der Waals surface area (Å²) >= 11 is 5.37. The van der Waals surface area contributed by atoms with E-state index in [-0.39, 0.29) is 12.1 Å². The van der Waals surface area contributed by atoms with E-state index in [1.54, 1.807) is 6.07 Å². The number of nitriles is 1. The maximum atomic E-state index is 12.7. The van der Waals surface area contributed by atoms with Gasteiger partial charge in [-0.1, -0.05) is 0 Å². The molecule has 0 saturated carbocycles. The van der Waals surface area contributed by atoms with Crippen LogP contribution >= 0.6 is 11.6 Å². The fourth-order valence-corrected chi connectivity index (χ4v) is 1.51. The molecule has 0 aliphatic rings. The van der Waals surface area contributed by atoms with Crippen molar-refractivity contribution in [3.8, 4) is 11.8 Å². The second kappa shape index (κ2) is 6.02. The Morgan fingerprint density at radius 1 is 1.42 bits per heavy atom. The first kappa shape index (κ1) is 15.4. The smallest absolute Gasteiger partial charge is 0.403 e. The average Bonchev–Trinajstić information content (AvgIpc) is 2.28. The molecule has 0 unspecified atom stereocenters. The summed E-state index contributed by atoms with van der Waals surface area (Å²) in [4.78, 5) is 3.60. The van der Waals surface area contributed by atoms with Gasteiger partial charge in [0.1, 0.15) is 0 Å². The molecule has 19 heavy (non-hydrogen) atoms. The van der Waals surface area contributed by atoms with Gasteiger partial charge in [0.2, 0.25) is 0 Å². The van der Waals surface area contributed by atoms with Gasteiger partial charge in [-0.15, -0.1) is 24.8 Å². The van der Waals surface area contributed by atoms with Crippen molar-refractivity contribution in [3.63, 3.8) is 0 Å². The zero-order valence-corrected chi connectivity index (χ0v) is 9.90. The average molecular weight is 301 g/mol. The lowest BCUT2D eigenvalue weighted by molar-refractivity contribution is -0.275. The summed E-state index contributed by atoms with van der Waals surface area (Å²) in [7, 11) is 0. The predicted octanol–water partition coefficient (Wildman–Crippen LogP) is 3.72. The van der Waals surface area contributed by atoms with Crippen molar-refractivity contribution >= 4 is 11.6 Å². The van der Waals surface area contributed by atoms with Gasteiger partial charge in [-0.3, -0.25) is 4.98 Å². The number of rotatable bonds is 4. The second-order valence-corrected chi connectivity index (χ2v) is 3.56. The van der Waals surface area contributed by atoms with Gasteiger partial charge in [-0.2, -0.15) is 5.26 Å². The molecule has 0 fully saturated rings. The summed E-state index contributed by atoms with van der Waals surface area (Å²) in [5, 5.41) is 8.45. The van der Waals surface area contributed by atoms with E-state index in [9.17, 15) is 22.0 Å². The molecule has 0 amide bonds. The molecule has 0 saturated heterocycles. The SMILES string of the molecule is N#CCc1cc(C(F)F)c(OC(F)(F)F)c(CCl)n1. The van der Waals surface area contributed by atoms with Crippen LogP contribution in [0, 0.1) is 11.3 Å². The Morgan fingerprint density at radius 2 is 2.05 bits per heavy atom. The fraction of sp³-hybridized carbons (Fsp3) is 0.400. The minimum absolute atomic E-state index is 0.0945. The number of pyridine rings is 1. The number of halogens is 6. The number of alkyl halides is 6. The van der Waals surface area contributed by atoms with Crippen molar-refractivity contribution in [1.82, 2.24) is 4.98 Å². The highest BCUT2D eigenvalue weighted by molar-refractivity contribution is 6.17. The highest BCUT2D eigenvalue weighted by Crippen LogP contribution is 2.36. The highest BCUT2D eigenvalue weighted by Gasteiger charge is 2.35. The summed E-state index contributed by atoms with van der Waals surface area (Å²) < 4.78 is 65.5. The van der Waals surface area contributed by atoms with Crippen molar-refractivity contribution in [2.24, 2.45) is 0 Å². The summed E-state index contributed by atoms with van der Waals surface area (Å²) in [6, 6.07) is 2.36. The van der Waals surface area contributed by atoms with Gasteiger partial charge in [-0.25, -0.2) is 8.78 Å². The molecule has 0 aliphatic carbocycles. The number of ether oxygens (including phenoxy) is 1. The van der Waals surface area contributed by atoms with Crippen molar-refractivity contribution in [1.29, 1.82) is 5.26 Å². The Kier molecular flexibility index (Phi) is 4.89. The summed E-state index contributed by atoms with van der Waals surface area (Å²) in [6.07, 6.45) is -8.67. The lowest BCUT2D eigenvalue weighted by Gasteiger charge is -2.16. The number of aromatic nitrogens is 1. The molecule has 1 aromatic rings. The van der Waals surface area contributed by atoms with E-state index in [2.05, 4.69) is 9.72 Å². The van der Waals surface area contributed by atoms with Crippen molar-refractivity contribution < 1.29 is 26.7 Å². The van der Waals surface area contributed by atoms with Crippen LogP contribution in [0.25, 0.3) is 0 Å². The van der Waals surface area contributed by atoms with E-state index in [1.807, 2.05) is 0 Å². The molecule has 1 rings (SSSR count). The largest absolute Gasteiger partial charge is 0.573 e. The van der Waals surface area contributed by atoms with E-state index in [4.69, 9.17) is 16.9 Å². The standard InChI is InChI=1S/C10H6ClF5N2O/c11-4-7-8(19-10(14,15)16)6(9(12)13)3-5(18-7)1-2-17/h3,9H,1,4H2. The second-order valence-electron chi connectivity index (χ2n) is 3.30. The monoisotopic (exact) mass is 300 g/mol. The molecule has 1 heterocycles. The van der Waals surface area contributed by atoms with Crippen LogP contribution < -0.4 is 4.74 Å². The third-order valence-electron chi connectivity index (χ3n) is 1.96. The van der Waals surface area contributed by atoms with Crippen LogP contribution in [0.3, 0.4) is 0 Å². The Balaban J connectivity index is 3.37. The first-order chi connectivity index (χ1) is 8.78. The molecule has 104 valence electrons. The topological polar surface area (TPSA) is 45.9 Å². The van der Waals surface area contributed by atoms with Gasteiger partial charge in [0.05, 0.1) is 35.3 Å². The van der Waals surface area contributed by atoms with Crippen LogP contribution in [-0.2, 0) is 12.3 Å². The normalized spacial score (nSPS) is 11.5. The maximum Gasteiger partial charge on any atom is 0.573 e. The zero-order valence-electron chi connectivity index (χ0n) is 9.14. The quantitative estimate of drug-likeness (QED) is 0.629. The van der Waals surface area contributed by atoms with Crippen LogP contribution in [0.5, 0.6) is 5.75 Å². The lowest BCUT2D eigenvalue weighted by Crippen LogP contribution is -2.20. The Hall–Kier alpha value is -1.62. The molecule has 3 nitrogen and oxygen atoms in total. The Morgan fingerprint density at radius 3 is 2.47 bits per heavy atom. The van der Waals surface area contributed by atoms with Gasteiger partial charge in [0.25, 0.3) is 6.43 Å². The van der Waals surface area contributed by atoms with Crippen molar-refractivity contribution in [3.05, 3.63) is 23.0 Å². The zero-order chi connectivity index (χ0) is 14.6. The molecule has 1 aromatic heterocycles. The summed E-state index contributed by atoms with van der Waals surface area (Å²) in [5.41, 5.74) is -1.57. The molecular weight excluding hydrogens is 295 g/mol. The summed E-state index contributed by atoms with van der Waals surface area (Å²) in [6.45, 7) is 0. The molecule has 0 atom stereocenters. The fourth-order valence-electron chi connectivity index (χ4n) is 1.33. The summed E-state index contributed by atoms with van der Waals surface area (Å²) in [5.74, 6) is -1.66. The van der Waals surface area contributed by atoms with Crippen LogP contribution in [0.4, 0.5) is 22.0 Å². The minimum Gasteiger partial charge on any atom is -0.403 e. The van der Waals surface area contributed by atoms with Gasteiger partial charge in [-0.05, 0) is 6.07 Å². The van der Waals surface area contributed by atoms with Gasteiger partial charge >= 0.3 is 6.36 Å². The van der Waals surface area contributed by atoms with Crippen molar-refractivity contribution in [2.45, 2.75) is 25.1 Å². The first-order valence-electron chi connectivity index (χ1n) is 4.78. The third-order valence-corrected chi connectivity index (χ3v) is 2.22. The third kappa shape index (κ3) is 4.21. The first-order valence-corrected chi connectivity index (χ1v) is 5.31. The molecule has 0 aromatic carbocycles. The predicted molar refractivity (Wildman–Crippen MR) is 54.8 cm³/mol. The van der Waals surface area contributed by atoms with E-state index in [0.717, 1.165) is 0 Å². The van der Waals surface area contributed by atoms with Crippen LogP contribution in [0.2, 0.25) is 0 Å². The van der Waals surface area contributed by atoms with Crippen LogP contribution in [0.1, 0.15) is 23.4 Å². The van der Waals surface area contributed by atoms with E-state index in [0.29, 0.717) is 6.07 Å². The minimum atomic E-state index is -5.14. The van der Waals surface area contributed by atoms with Crippen LogP contribution in [0.15, 0.2) is 6.07 Å². The number of nitrogens with zero attached hydrogens (tertiary/aromatic N) is 2. The van der Waals surface area contributed by atoms with E-state index in [1.165, 1.54) is 0 Å². The highest BCUT2D eigenvalue weighted by atomic mass is 35.5. The van der Waals surface area contributed by atoms with Crippen molar-refractivity contribution in [2.75, 3.05) is 0 Å². The molecular formula is C10H6ClF5N2O. The molecule has 0 radical (unpaired) electrons. The Labute approximate surface area is 109 Å². The maximum absolute atomic E-state index is 12.7. The molecule has 0 spiro atoms. The van der Waals surface area contributed by atoms with Gasteiger partial charge in [0, 0.05) is 0 Å². The number of hydrogen-bond donors (Lipinski definition) is 0. The Bertz CT molecular complexity index is 498. The molecule has 9 heteroatoms. The molecule has 0 aliphatic heterocycles. The van der Waals surface area contributed by atoms with E-state index >= 15 is 0 Å². The van der Waals surface area contributed by atoms with Crippen LogP contribution in [-0.4, -0.2) is 11.3 Å². The lowest BCUT2D eigenvalue weighted by atomic mass is 10.1. The van der Waals surface area contributed by atoms with E-state index < -0.39 is 35.7 Å². The number of hydrogen-bond acceptors (Lipinski definition) is 3.